The summed E-state index contributed by atoms with van der Waals surface area (Å²) in [5.74, 6) is 0.846. The number of ketones is 1. The first kappa shape index (κ1) is 19.7. The Morgan fingerprint density at radius 3 is 2.29 bits per heavy atom. The van der Waals surface area contributed by atoms with Gasteiger partial charge in [-0.15, -0.1) is 0 Å². The largest absolute Gasteiger partial charge is 0.491 e. The number of carbonyl (C=O) groups is 2. The van der Waals surface area contributed by atoms with Crippen LogP contribution in [0, 0.1) is 0 Å². The highest BCUT2D eigenvalue weighted by molar-refractivity contribution is 5.96. The van der Waals surface area contributed by atoms with Crippen LogP contribution in [0.3, 0.4) is 0 Å². The molecule has 1 fully saturated rings. The fraction of sp³-hybridized carbons (Fsp3) is 0.364. The Bertz CT molecular complexity index is 825. The fourth-order valence-electron chi connectivity index (χ4n) is 3.19. The molecule has 3 rings (SSSR count). The quantitative estimate of drug-likeness (QED) is 0.795. The molecular formula is C22H27N3O3. The van der Waals surface area contributed by atoms with Gasteiger partial charge in [-0.05, 0) is 57.2 Å². The van der Waals surface area contributed by atoms with Crippen LogP contribution in [0.25, 0.3) is 0 Å². The molecule has 1 aliphatic heterocycles. The lowest BCUT2D eigenvalue weighted by atomic mass is 10.1. The van der Waals surface area contributed by atoms with Gasteiger partial charge in [0.15, 0.2) is 5.78 Å². The number of urea groups is 1. The minimum atomic E-state index is -0.138. The number of rotatable bonds is 5. The Morgan fingerprint density at radius 1 is 1.00 bits per heavy atom. The first-order chi connectivity index (χ1) is 13.4. The van der Waals surface area contributed by atoms with Gasteiger partial charge in [0, 0.05) is 43.1 Å². The molecule has 0 aromatic heterocycles. The number of Topliss-reactive ketones (excluding diaryl/α,β-unsaturated/α-hetero) is 1. The summed E-state index contributed by atoms with van der Waals surface area (Å²) in [4.78, 5) is 28.1. The number of amides is 2. The smallest absolute Gasteiger partial charge is 0.321 e. The molecule has 0 radical (unpaired) electrons. The molecule has 1 heterocycles. The normalized spacial score (nSPS) is 14.1. The van der Waals surface area contributed by atoms with E-state index in [1.165, 1.54) is 6.92 Å². The highest BCUT2D eigenvalue weighted by Crippen LogP contribution is 2.22. The monoisotopic (exact) mass is 381 g/mol. The van der Waals surface area contributed by atoms with Crippen LogP contribution in [0.1, 0.15) is 31.1 Å². The second kappa shape index (κ2) is 8.78. The third-order valence-corrected chi connectivity index (χ3v) is 4.66. The fourth-order valence-corrected chi connectivity index (χ4v) is 3.19. The molecule has 0 bridgehead atoms. The van der Waals surface area contributed by atoms with Crippen molar-refractivity contribution >= 4 is 23.2 Å². The Hall–Kier alpha value is -3.02. The van der Waals surface area contributed by atoms with Crippen molar-refractivity contribution < 1.29 is 14.3 Å². The molecular weight excluding hydrogens is 354 g/mol. The van der Waals surface area contributed by atoms with Crippen molar-refractivity contribution in [3.8, 4) is 5.75 Å². The van der Waals surface area contributed by atoms with Crippen molar-refractivity contribution in [2.75, 3.05) is 36.4 Å². The minimum absolute atomic E-state index is 0.0190. The first-order valence-electron chi connectivity index (χ1n) is 9.61. The molecule has 2 aromatic rings. The zero-order valence-electron chi connectivity index (χ0n) is 16.6. The van der Waals surface area contributed by atoms with Gasteiger partial charge in [-0.1, -0.05) is 12.1 Å². The van der Waals surface area contributed by atoms with Crippen molar-refractivity contribution in [3.05, 3.63) is 54.1 Å². The SMILES string of the molecule is CC(=O)c1cccc(NC(=O)N2CCN(c3ccc(OC(C)C)cc3)CC2)c1. The van der Waals surface area contributed by atoms with Gasteiger partial charge in [0.25, 0.3) is 0 Å². The highest BCUT2D eigenvalue weighted by Gasteiger charge is 2.21. The number of benzene rings is 2. The van der Waals surface area contributed by atoms with E-state index in [0.29, 0.717) is 24.3 Å². The minimum Gasteiger partial charge on any atom is -0.491 e. The predicted molar refractivity (Wildman–Crippen MR) is 111 cm³/mol. The molecule has 0 saturated carbocycles. The van der Waals surface area contributed by atoms with Crippen molar-refractivity contribution in [2.24, 2.45) is 0 Å². The highest BCUT2D eigenvalue weighted by atomic mass is 16.5. The van der Waals surface area contributed by atoms with Crippen LogP contribution in [0.5, 0.6) is 5.75 Å². The van der Waals surface area contributed by atoms with Gasteiger partial charge in [-0.25, -0.2) is 4.79 Å². The molecule has 28 heavy (non-hydrogen) atoms. The molecule has 148 valence electrons. The maximum absolute atomic E-state index is 12.5. The van der Waals surface area contributed by atoms with Crippen LogP contribution < -0.4 is 15.0 Å². The molecule has 1 N–H and O–H groups in total. The van der Waals surface area contributed by atoms with Gasteiger partial charge >= 0.3 is 6.03 Å². The van der Waals surface area contributed by atoms with Gasteiger partial charge in [-0.3, -0.25) is 4.79 Å². The summed E-state index contributed by atoms with van der Waals surface area (Å²) in [6.45, 7) is 8.35. The van der Waals surface area contributed by atoms with E-state index in [1.807, 2.05) is 26.0 Å². The molecule has 6 nitrogen and oxygen atoms in total. The molecule has 1 aliphatic rings. The van der Waals surface area contributed by atoms with E-state index in [-0.39, 0.29) is 17.9 Å². The van der Waals surface area contributed by atoms with Crippen molar-refractivity contribution in [3.63, 3.8) is 0 Å². The lowest BCUT2D eigenvalue weighted by Gasteiger charge is -2.36. The number of carbonyl (C=O) groups excluding carboxylic acids is 2. The van der Waals surface area contributed by atoms with Crippen LogP contribution >= 0.6 is 0 Å². The van der Waals surface area contributed by atoms with E-state index in [4.69, 9.17) is 4.74 Å². The second-order valence-electron chi connectivity index (χ2n) is 7.20. The molecule has 0 unspecified atom stereocenters. The van der Waals surface area contributed by atoms with Gasteiger partial charge in [0.05, 0.1) is 6.10 Å². The van der Waals surface area contributed by atoms with Crippen molar-refractivity contribution in [2.45, 2.75) is 26.9 Å². The predicted octanol–water partition coefficient (Wildman–Crippen LogP) is 4.03. The average molecular weight is 381 g/mol. The summed E-state index contributed by atoms with van der Waals surface area (Å²) in [6.07, 6.45) is 0.157. The summed E-state index contributed by atoms with van der Waals surface area (Å²) in [5, 5.41) is 2.89. The molecule has 1 saturated heterocycles. The second-order valence-corrected chi connectivity index (χ2v) is 7.20. The number of piperazine rings is 1. The Balaban J connectivity index is 1.54. The Labute approximate surface area is 166 Å². The van der Waals surface area contributed by atoms with Crippen molar-refractivity contribution in [1.82, 2.24) is 4.90 Å². The molecule has 6 heteroatoms. The third-order valence-electron chi connectivity index (χ3n) is 4.66. The van der Waals surface area contributed by atoms with Crippen LogP contribution in [-0.2, 0) is 0 Å². The number of nitrogens with zero attached hydrogens (tertiary/aromatic N) is 2. The van der Waals surface area contributed by atoms with Gasteiger partial charge < -0.3 is 19.9 Å². The molecule has 2 aromatic carbocycles. The summed E-state index contributed by atoms with van der Waals surface area (Å²) in [7, 11) is 0. The van der Waals surface area contributed by atoms with Gasteiger partial charge in [0.1, 0.15) is 5.75 Å². The van der Waals surface area contributed by atoms with E-state index in [1.54, 1.807) is 29.2 Å². The van der Waals surface area contributed by atoms with Crippen LogP contribution in [0.4, 0.5) is 16.2 Å². The molecule has 2 amide bonds. The summed E-state index contributed by atoms with van der Waals surface area (Å²) < 4.78 is 5.68. The number of nitrogens with one attached hydrogen (secondary N) is 1. The number of anilines is 2. The van der Waals surface area contributed by atoms with E-state index in [0.717, 1.165) is 24.5 Å². The summed E-state index contributed by atoms with van der Waals surface area (Å²) >= 11 is 0. The summed E-state index contributed by atoms with van der Waals surface area (Å²) in [6, 6.07) is 15.0. The zero-order valence-corrected chi connectivity index (χ0v) is 16.6. The lowest BCUT2D eigenvalue weighted by molar-refractivity contribution is 0.101. The van der Waals surface area contributed by atoms with E-state index in [9.17, 15) is 9.59 Å². The van der Waals surface area contributed by atoms with E-state index in [2.05, 4.69) is 22.3 Å². The average Bonchev–Trinajstić information content (AvgIpc) is 2.68. The first-order valence-corrected chi connectivity index (χ1v) is 9.61. The Kier molecular flexibility index (Phi) is 6.19. The lowest BCUT2D eigenvalue weighted by Crippen LogP contribution is -2.50. The van der Waals surface area contributed by atoms with Gasteiger partial charge in [0.2, 0.25) is 0 Å². The number of ether oxygens (including phenoxy) is 1. The topological polar surface area (TPSA) is 61.9 Å². The van der Waals surface area contributed by atoms with Crippen LogP contribution in [-0.4, -0.2) is 49.0 Å². The van der Waals surface area contributed by atoms with Crippen molar-refractivity contribution in [1.29, 1.82) is 0 Å². The Morgan fingerprint density at radius 2 is 1.68 bits per heavy atom. The maximum atomic E-state index is 12.5. The van der Waals surface area contributed by atoms with E-state index >= 15 is 0 Å². The standard InChI is InChI=1S/C22H27N3O3/c1-16(2)28-21-9-7-20(8-10-21)24-11-13-25(14-12-24)22(27)23-19-6-4-5-18(15-19)17(3)26/h4-10,15-16H,11-14H2,1-3H3,(H,23,27). The molecule has 0 aliphatic carbocycles. The zero-order chi connectivity index (χ0) is 20.1. The maximum Gasteiger partial charge on any atom is 0.321 e. The van der Waals surface area contributed by atoms with E-state index < -0.39 is 0 Å². The summed E-state index contributed by atoms with van der Waals surface area (Å²) in [5.41, 5.74) is 2.36. The molecule has 0 spiro atoms. The number of hydrogen-bond donors (Lipinski definition) is 1. The van der Waals surface area contributed by atoms with Crippen LogP contribution in [0.2, 0.25) is 0 Å². The van der Waals surface area contributed by atoms with Crippen LogP contribution in [0.15, 0.2) is 48.5 Å². The molecule has 0 atom stereocenters. The third kappa shape index (κ3) is 5.03. The van der Waals surface area contributed by atoms with Gasteiger partial charge in [-0.2, -0.15) is 0 Å². The number of hydrogen-bond acceptors (Lipinski definition) is 4.